The van der Waals surface area contributed by atoms with Gasteiger partial charge >= 0.3 is 5.97 Å². The average molecular weight is 408 g/mol. The molecule has 0 radical (unpaired) electrons. The van der Waals surface area contributed by atoms with Crippen LogP contribution >= 0.6 is 23.2 Å². The highest BCUT2D eigenvalue weighted by Gasteiger charge is 2.21. The normalized spacial score (nSPS) is 11.2. The van der Waals surface area contributed by atoms with Crippen molar-refractivity contribution < 1.29 is 27.1 Å². The van der Waals surface area contributed by atoms with Crippen molar-refractivity contribution in [2.45, 2.75) is 11.5 Å². The molecule has 0 aliphatic heterocycles. The van der Waals surface area contributed by atoms with Crippen LogP contribution in [-0.2, 0) is 21.4 Å². The number of halogens is 3. The Balaban J connectivity index is 2.22. The summed E-state index contributed by atoms with van der Waals surface area (Å²) in [5.41, 5.74) is 0.132. The number of carbonyl (C=O) groups is 1. The lowest BCUT2D eigenvalue weighted by atomic mass is 10.2. The van der Waals surface area contributed by atoms with E-state index in [-0.39, 0.29) is 28.0 Å². The molecule has 0 saturated carbocycles. The van der Waals surface area contributed by atoms with Crippen molar-refractivity contribution in [1.29, 1.82) is 0 Å². The number of primary sulfonamides is 1. The highest BCUT2D eigenvalue weighted by atomic mass is 35.5. The molecule has 6 nitrogen and oxygen atoms in total. The van der Waals surface area contributed by atoms with Crippen molar-refractivity contribution in [3.8, 4) is 5.75 Å². The summed E-state index contributed by atoms with van der Waals surface area (Å²) >= 11 is 11.7. The molecule has 0 amide bonds. The van der Waals surface area contributed by atoms with E-state index >= 15 is 0 Å². The number of ether oxygens (including phenoxy) is 2. The van der Waals surface area contributed by atoms with Gasteiger partial charge in [0.25, 0.3) is 0 Å². The number of hydrogen-bond acceptors (Lipinski definition) is 5. The second kappa shape index (κ2) is 7.57. The molecule has 0 heterocycles. The van der Waals surface area contributed by atoms with Gasteiger partial charge < -0.3 is 9.47 Å². The van der Waals surface area contributed by atoms with Crippen LogP contribution in [-0.4, -0.2) is 21.5 Å². The van der Waals surface area contributed by atoms with Crippen LogP contribution < -0.4 is 9.88 Å². The fraction of sp³-hybridized carbons (Fsp3) is 0.133. The van der Waals surface area contributed by atoms with Crippen molar-refractivity contribution in [2.24, 2.45) is 5.14 Å². The van der Waals surface area contributed by atoms with E-state index in [1.54, 1.807) is 0 Å². The molecule has 0 aliphatic rings. The second-order valence-electron chi connectivity index (χ2n) is 4.85. The van der Waals surface area contributed by atoms with Gasteiger partial charge in [-0.2, -0.15) is 0 Å². The van der Waals surface area contributed by atoms with Crippen LogP contribution in [0.25, 0.3) is 0 Å². The first kappa shape index (κ1) is 19.5. The predicted molar refractivity (Wildman–Crippen MR) is 89.9 cm³/mol. The van der Waals surface area contributed by atoms with Gasteiger partial charge in [-0.3, -0.25) is 0 Å². The van der Waals surface area contributed by atoms with Crippen molar-refractivity contribution in [2.75, 3.05) is 7.11 Å². The Kier molecular flexibility index (Phi) is 5.89. The van der Waals surface area contributed by atoms with Gasteiger partial charge in [0, 0.05) is 0 Å². The molecule has 0 unspecified atom stereocenters. The zero-order chi connectivity index (χ0) is 18.8. The van der Waals surface area contributed by atoms with Crippen LogP contribution in [0.4, 0.5) is 4.39 Å². The number of hydrogen-bond donors (Lipinski definition) is 1. The summed E-state index contributed by atoms with van der Waals surface area (Å²) < 4.78 is 46.3. The Bertz CT molecular complexity index is 934. The first-order valence-electron chi connectivity index (χ1n) is 6.65. The number of carbonyl (C=O) groups excluding carboxylic acids is 1. The van der Waals surface area contributed by atoms with E-state index in [0.29, 0.717) is 5.56 Å². The van der Waals surface area contributed by atoms with Crippen LogP contribution in [0.5, 0.6) is 5.75 Å². The molecule has 10 heteroatoms. The molecular formula is C15H12Cl2FNO5S. The summed E-state index contributed by atoms with van der Waals surface area (Å²) in [6.45, 7) is -0.261. The van der Waals surface area contributed by atoms with E-state index < -0.39 is 26.7 Å². The second-order valence-corrected chi connectivity index (χ2v) is 7.20. The van der Waals surface area contributed by atoms with Crippen LogP contribution in [0, 0.1) is 5.82 Å². The molecule has 0 atom stereocenters. The molecule has 0 spiro atoms. The van der Waals surface area contributed by atoms with Crippen LogP contribution in [0.2, 0.25) is 10.0 Å². The lowest BCUT2D eigenvalue weighted by molar-refractivity contribution is 0.0472. The molecule has 2 aromatic rings. The Labute approximate surface area is 153 Å². The lowest BCUT2D eigenvalue weighted by Gasteiger charge is -2.10. The summed E-state index contributed by atoms with van der Waals surface area (Å²) in [5.74, 6) is -1.48. The summed E-state index contributed by atoms with van der Waals surface area (Å²) in [7, 11) is -2.83. The predicted octanol–water partition coefficient (Wildman–Crippen LogP) is 3.15. The number of esters is 1. The lowest BCUT2D eigenvalue weighted by Crippen LogP contribution is -2.15. The van der Waals surface area contributed by atoms with E-state index in [2.05, 4.69) is 0 Å². The minimum atomic E-state index is -4.15. The highest BCUT2D eigenvalue weighted by Crippen LogP contribution is 2.28. The van der Waals surface area contributed by atoms with Gasteiger partial charge in [-0.1, -0.05) is 29.3 Å². The van der Waals surface area contributed by atoms with Crippen LogP contribution in [0.1, 0.15) is 15.9 Å². The van der Waals surface area contributed by atoms with E-state index in [9.17, 15) is 17.6 Å². The third kappa shape index (κ3) is 4.60. The number of nitrogens with two attached hydrogens (primary N) is 1. The van der Waals surface area contributed by atoms with Gasteiger partial charge in [0.05, 0.1) is 22.7 Å². The molecule has 2 N–H and O–H groups in total. The van der Waals surface area contributed by atoms with Gasteiger partial charge in [-0.25, -0.2) is 22.7 Å². The fourth-order valence-corrected chi connectivity index (χ4v) is 3.33. The fourth-order valence-electron chi connectivity index (χ4n) is 1.93. The van der Waals surface area contributed by atoms with Crippen LogP contribution in [0.15, 0.2) is 35.2 Å². The van der Waals surface area contributed by atoms with Crippen molar-refractivity contribution in [3.05, 3.63) is 57.3 Å². The Morgan fingerprint density at radius 2 is 1.88 bits per heavy atom. The first-order valence-corrected chi connectivity index (χ1v) is 8.95. The monoisotopic (exact) mass is 407 g/mol. The van der Waals surface area contributed by atoms with E-state index in [0.717, 1.165) is 18.2 Å². The van der Waals surface area contributed by atoms with Gasteiger partial charge in [0.15, 0.2) is 11.6 Å². The average Bonchev–Trinajstić information content (AvgIpc) is 2.51. The molecule has 2 rings (SSSR count). The molecular weight excluding hydrogens is 396 g/mol. The smallest absolute Gasteiger partial charge is 0.340 e. The maximum absolute atomic E-state index is 13.6. The Morgan fingerprint density at radius 1 is 1.20 bits per heavy atom. The SMILES string of the molecule is COc1ccc(COC(=O)c2cc(S(N)(=O)=O)c(Cl)cc2Cl)cc1F. The quantitative estimate of drug-likeness (QED) is 0.767. The van der Waals surface area contributed by atoms with Gasteiger partial charge in [0.2, 0.25) is 10.0 Å². The zero-order valence-electron chi connectivity index (χ0n) is 12.8. The third-order valence-electron chi connectivity index (χ3n) is 3.13. The molecule has 2 aromatic carbocycles. The highest BCUT2D eigenvalue weighted by molar-refractivity contribution is 7.89. The van der Waals surface area contributed by atoms with Crippen molar-refractivity contribution in [3.63, 3.8) is 0 Å². The van der Waals surface area contributed by atoms with E-state index in [1.807, 2.05) is 0 Å². The molecule has 0 aromatic heterocycles. The summed E-state index contributed by atoms with van der Waals surface area (Å²) in [6, 6.07) is 6.04. The summed E-state index contributed by atoms with van der Waals surface area (Å²) in [6.07, 6.45) is 0. The van der Waals surface area contributed by atoms with E-state index in [1.165, 1.54) is 19.2 Å². The van der Waals surface area contributed by atoms with Crippen LogP contribution in [0.3, 0.4) is 0 Å². The summed E-state index contributed by atoms with van der Waals surface area (Å²) in [4.78, 5) is 11.7. The van der Waals surface area contributed by atoms with Gasteiger partial charge in [-0.05, 0) is 29.8 Å². The summed E-state index contributed by atoms with van der Waals surface area (Å²) in [5, 5.41) is 4.70. The first-order chi connectivity index (χ1) is 11.6. The minimum absolute atomic E-state index is 0.0496. The van der Waals surface area contributed by atoms with E-state index in [4.69, 9.17) is 37.8 Å². The molecule has 25 heavy (non-hydrogen) atoms. The maximum atomic E-state index is 13.6. The molecule has 0 saturated heterocycles. The molecule has 0 fully saturated rings. The standard InChI is InChI=1S/C15H12Cl2FNO5S/c1-23-13-3-2-8(4-12(13)18)7-24-15(20)9-5-14(25(19,21)22)11(17)6-10(9)16/h2-6H,7H2,1H3,(H2,19,21,22). The molecule has 0 bridgehead atoms. The minimum Gasteiger partial charge on any atom is -0.494 e. The topological polar surface area (TPSA) is 95.7 Å². The Morgan fingerprint density at radius 3 is 2.44 bits per heavy atom. The van der Waals surface area contributed by atoms with Crippen molar-refractivity contribution >= 4 is 39.2 Å². The van der Waals surface area contributed by atoms with Gasteiger partial charge in [0.1, 0.15) is 11.5 Å². The third-order valence-corrected chi connectivity index (χ3v) is 4.82. The Hall–Kier alpha value is -1.87. The number of methoxy groups -OCH3 is 1. The molecule has 134 valence electrons. The molecule has 0 aliphatic carbocycles. The van der Waals surface area contributed by atoms with Gasteiger partial charge in [-0.15, -0.1) is 0 Å². The number of rotatable bonds is 5. The zero-order valence-corrected chi connectivity index (χ0v) is 15.1. The largest absolute Gasteiger partial charge is 0.494 e. The maximum Gasteiger partial charge on any atom is 0.340 e. The number of benzene rings is 2. The van der Waals surface area contributed by atoms with Crippen molar-refractivity contribution in [1.82, 2.24) is 0 Å². The number of sulfonamides is 1.